The number of hydrogen-bond acceptors (Lipinski definition) is 6. The van der Waals surface area contributed by atoms with Gasteiger partial charge in [0.25, 0.3) is 11.8 Å². The summed E-state index contributed by atoms with van der Waals surface area (Å²) >= 11 is 15.0. The predicted molar refractivity (Wildman–Crippen MR) is 261 cm³/mol. The number of fused-ring (bicyclic) bond motifs is 3. The molecule has 5 heterocycles. The molecule has 0 fully saturated rings. The van der Waals surface area contributed by atoms with Gasteiger partial charge >= 0.3 is 0 Å². The van der Waals surface area contributed by atoms with E-state index in [9.17, 15) is 9.59 Å². The van der Waals surface area contributed by atoms with Gasteiger partial charge in [0.1, 0.15) is 0 Å². The molecule has 2 amide bonds. The van der Waals surface area contributed by atoms with Crippen LogP contribution in [0, 0.1) is 5.92 Å². The largest absolute Gasteiger partial charge is 0.274 e. The molecular weight excluding hydrogens is 911 g/mol. The fourth-order valence-electron chi connectivity index (χ4n) is 8.59. The lowest BCUT2D eigenvalue weighted by Gasteiger charge is -2.23. The lowest BCUT2D eigenvalue weighted by molar-refractivity contribution is 0.0622. The Morgan fingerprint density at radius 1 is 0.526 bits per heavy atom. The molecule has 0 saturated carbocycles. The van der Waals surface area contributed by atoms with Crippen LogP contribution in [0.4, 0.5) is 0 Å². The van der Waals surface area contributed by atoms with E-state index in [1.807, 2.05) is 22.7 Å². The maximum atomic E-state index is 14.8. The highest BCUT2D eigenvalue weighted by Crippen LogP contribution is 2.50. The predicted octanol–water partition coefficient (Wildman–Crippen LogP) is 18.3. The third-order valence-corrected chi connectivity index (χ3v) is 18.5. The molecule has 0 bridgehead atoms. The standard InChI is InChI=1S/C48H63Br2NO2S4/c1-5-9-13-16-18-21-25-35-43-39(56-45(35)49)29-37(54-43)33-27-28-34(38-30-40-44(55-38)36(46(50)57-40)26-22-19-17-14-10-6-2)42-41(33)47(52)51(48(42)53)31-32(23-12-8-4)24-20-15-11-7-3/h27-30,32H,5-26,31H2,1-4H3. The van der Waals surface area contributed by atoms with E-state index in [4.69, 9.17) is 0 Å². The lowest BCUT2D eigenvalue weighted by atomic mass is 9.94. The number of aryl methyl sites for hydroxylation is 2. The van der Waals surface area contributed by atoms with Gasteiger partial charge in [-0.2, -0.15) is 0 Å². The maximum Gasteiger partial charge on any atom is 0.262 e. The molecule has 9 heteroatoms. The topological polar surface area (TPSA) is 37.4 Å². The van der Waals surface area contributed by atoms with Crippen molar-refractivity contribution in [1.29, 1.82) is 0 Å². The lowest BCUT2D eigenvalue weighted by Crippen LogP contribution is -2.34. The average molecular weight is 974 g/mol. The number of carbonyl (C=O) groups is 2. The van der Waals surface area contributed by atoms with Crippen LogP contribution in [0.15, 0.2) is 31.8 Å². The van der Waals surface area contributed by atoms with Gasteiger partial charge in [-0.15, -0.1) is 45.3 Å². The molecule has 1 unspecified atom stereocenters. The van der Waals surface area contributed by atoms with E-state index in [2.05, 4.69) is 83.8 Å². The second-order valence-electron chi connectivity index (χ2n) is 16.3. The zero-order valence-electron chi connectivity index (χ0n) is 34.8. The van der Waals surface area contributed by atoms with Crippen molar-refractivity contribution in [3.8, 4) is 20.9 Å². The maximum absolute atomic E-state index is 14.8. The Labute approximate surface area is 375 Å². The quantitative estimate of drug-likeness (QED) is 0.0409. The van der Waals surface area contributed by atoms with Crippen molar-refractivity contribution in [3.05, 3.63) is 54.1 Å². The summed E-state index contributed by atoms with van der Waals surface area (Å²) in [5.74, 6) is 0.132. The van der Waals surface area contributed by atoms with Crippen molar-refractivity contribution >= 4 is 108 Å². The number of unbranched alkanes of at least 4 members (excludes halogenated alkanes) is 14. The first kappa shape index (κ1) is 45.2. The van der Waals surface area contributed by atoms with E-state index in [1.54, 1.807) is 27.6 Å². The van der Waals surface area contributed by atoms with E-state index in [0.717, 1.165) is 65.8 Å². The summed E-state index contributed by atoms with van der Waals surface area (Å²) in [6.07, 6.45) is 26.7. The van der Waals surface area contributed by atoms with Gasteiger partial charge < -0.3 is 0 Å². The molecule has 1 aromatic carbocycles. The van der Waals surface area contributed by atoms with Crippen LogP contribution in [0.25, 0.3) is 39.7 Å². The van der Waals surface area contributed by atoms with Gasteiger partial charge in [-0.25, -0.2) is 0 Å². The Bertz CT molecular complexity index is 1950. The van der Waals surface area contributed by atoms with Crippen molar-refractivity contribution in [2.24, 2.45) is 5.92 Å². The van der Waals surface area contributed by atoms with Crippen molar-refractivity contribution < 1.29 is 9.59 Å². The highest BCUT2D eigenvalue weighted by atomic mass is 79.9. The van der Waals surface area contributed by atoms with E-state index < -0.39 is 0 Å². The van der Waals surface area contributed by atoms with Crippen LogP contribution in [0.2, 0.25) is 0 Å². The SMILES string of the molecule is CCCCCCCCc1c(Br)sc2cc(-c3ccc(-c4cc5sc(Br)c(CCCCCCCC)c5s4)c4c3C(=O)N(CC(CCCC)CCCCCC)C4=O)sc12. The van der Waals surface area contributed by atoms with Crippen LogP contribution in [-0.2, 0) is 12.8 Å². The van der Waals surface area contributed by atoms with Gasteiger partial charge in [0, 0.05) is 36.8 Å². The number of halogens is 2. The minimum atomic E-state index is -0.1000. The smallest absolute Gasteiger partial charge is 0.262 e. The van der Waals surface area contributed by atoms with Crippen molar-refractivity contribution in [1.82, 2.24) is 4.90 Å². The summed E-state index contributed by atoms with van der Waals surface area (Å²) in [6, 6.07) is 8.86. The van der Waals surface area contributed by atoms with Crippen LogP contribution in [0.1, 0.15) is 188 Å². The van der Waals surface area contributed by atoms with Crippen LogP contribution in [0.3, 0.4) is 0 Å². The summed E-state index contributed by atoms with van der Waals surface area (Å²) in [6.45, 7) is 9.55. The Balaban J connectivity index is 1.35. The third kappa shape index (κ3) is 10.9. The van der Waals surface area contributed by atoms with Gasteiger partial charge in [0.05, 0.1) is 28.1 Å². The molecule has 0 aliphatic carbocycles. The van der Waals surface area contributed by atoms with E-state index in [0.29, 0.717) is 23.6 Å². The normalized spacial score (nSPS) is 13.6. The van der Waals surface area contributed by atoms with E-state index in [-0.39, 0.29) is 11.8 Å². The molecule has 0 saturated heterocycles. The van der Waals surface area contributed by atoms with E-state index >= 15 is 0 Å². The molecule has 3 nitrogen and oxygen atoms in total. The molecular formula is C48H63Br2NO2S4. The average Bonchev–Trinajstić information content (AvgIpc) is 3.99. The van der Waals surface area contributed by atoms with Crippen molar-refractivity contribution in [2.45, 2.75) is 169 Å². The fourth-order valence-corrected chi connectivity index (χ4v) is 15.6. The molecule has 5 aromatic rings. The molecule has 4 aromatic heterocycles. The molecule has 1 atom stereocenters. The van der Waals surface area contributed by atoms with Crippen LogP contribution < -0.4 is 0 Å². The fraction of sp³-hybridized carbons (Fsp3) is 0.583. The Kier molecular flexibility index (Phi) is 17.8. The summed E-state index contributed by atoms with van der Waals surface area (Å²) in [4.78, 5) is 33.5. The zero-order chi connectivity index (χ0) is 40.3. The van der Waals surface area contributed by atoms with Crippen molar-refractivity contribution in [3.63, 3.8) is 0 Å². The Morgan fingerprint density at radius 3 is 1.39 bits per heavy atom. The third-order valence-electron chi connectivity index (χ3n) is 11.9. The zero-order valence-corrected chi connectivity index (χ0v) is 41.2. The van der Waals surface area contributed by atoms with Crippen LogP contribution in [0.5, 0.6) is 0 Å². The minimum Gasteiger partial charge on any atom is -0.274 e. The highest BCUT2D eigenvalue weighted by Gasteiger charge is 2.41. The van der Waals surface area contributed by atoms with Crippen molar-refractivity contribution in [2.75, 3.05) is 6.54 Å². The molecule has 0 spiro atoms. The number of thiophene rings is 4. The summed E-state index contributed by atoms with van der Waals surface area (Å²) in [5.41, 5.74) is 5.89. The van der Waals surface area contributed by atoms with E-state index in [1.165, 1.54) is 134 Å². The van der Waals surface area contributed by atoms with Gasteiger partial charge in [-0.3, -0.25) is 14.5 Å². The number of imide groups is 1. The molecule has 1 aliphatic heterocycles. The number of amides is 2. The second kappa shape index (κ2) is 22.5. The second-order valence-corrected chi connectivity index (χ2v) is 23.2. The highest BCUT2D eigenvalue weighted by molar-refractivity contribution is 9.11. The number of nitrogens with zero attached hydrogens (tertiary/aromatic N) is 1. The molecule has 1 aliphatic rings. The van der Waals surface area contributed by atoms with Gasteiger partial charge in [0.2, 0.25) is 0 Å². The summed E-state index contributed by atoms with van der Waals surface area (Å²) < 4.78 is 7.66. The number of benzene rings is 1. The molecule has 57 heavy (non-hydrogen) atoms. The monoisotopic (exact) mass is 971 g/mol. The number of carbonyl (C=O) groups excluding carboxylic acids is 2. The minimum absolute atomic E-state index is 0.1000. The Morgan fingerprint density at radius 2 is 0.930 bits per heavy atom. The first-order valence-electron chi connectivity index (χ1n) is 22.3. The number of rotatable bonds is 26. The first-order chi connectivity index (χ1) is 27.8. The first-order valence-corrected chi connectivity index (χ1v) is 27.1. The van der Waals surface area contributed by atoms with Gasteiger partial charge in [-0.1, -0.05) is 143 Å². The molecule has 6 rings (SSSR count). The molecule has 0 radical (unpaired) electrons. The molecule has 0 N–H and O–H groups in total. The van der Waals surface area contributed by atoms with Gasteiger partial charge in [0.15, 0.2) is 0 Å². The summed E-state index contributed by atoms with van der Waals surface area (Å²) in [5, 5.41) is 0. The number of hydrogen-bond donors (Lipinski definition) is 0. The van der Waals surface area contributed by atoms with Crippen LogP contribution >= 0.6 is 77.2 Å². The summed E-state index contributed by atoms with van der Waals surface area (Å²) in [7, 11) is 0. The Hall–Kier alpha value is -1.36. The molecule has 310 valence electrons. The van der Waals surface area contributed by atoms with Crippen LogP contribution in [-0.4, -0.2) is 23.3 Å². The van der Waals surface area contributed by atoms with Gasteiger partial charge in [-0.05, 0) is 99.6 Å².